The summed E-state index contributed by atoms with van der Waals surface area (Å²) in [6.07, 6.45) is -6.53. The van der Waals surface area contributed by atoms with Crippen LogP contribution in [-0.2, 0) is 25.5 Å². The first-order valence-corrected chi connectivity index (χ1v) is 15.8. The van der Waals surface area contributed by atoms with Crippen molar-refractivity contribution in [3.63, 3.8) is 0 Å². The van der Waals surface area contributed by atoms with Crippen LogP contribution >= 0.6 is 0 Å². The van der Waals surface area contributed by atoms with Gasteiger partial charge in [0.2, 0.25) is 18.0 Å². The molecular weight excluding hydrogens is 650 g/mol. The van der Waals surface area contributed by atoms with Gasteiger partial charge in [-0.05, 0) is 51.2 Å². The molecular formula is C32H46F2N6O9. The fraction of sp³-hybridized carbons (Fsp3) is 0.594. The second kappa shape index (κ2) is 17.1. The third kappa shape index (κ3) is 11.5. The van der Waals surface area contributed by atoms with E-state index in [0.717, 1.165) is 17.8 Å². The maximum absolute atomic E-state index is 14.4. The molecule has 1 aliphatic heterocycles. The molecule has 0 aliphatic carbocycles. The number of carbonyl (C=O) groups excluding carboxylic acids is 3. The molecule has 0 unspecified atom stereocenters. The highest BCUT2D eigenvalue weighted by atomic mass is 19.3. The van der Waals surface area contributed by atoms with Gasteiger partial charge in [-0.2, -0.15) is 13.8 Å². The summed E-state index contributed by atoms with van der Waals surface area (Å²) in [6, 6.07) is 8.66. The first kappa shape index (κ1) is 39.4. The van der Waals surface area contributed by atoms with E-state index in [9.17, 15) is 38.2 Å². The summed E-state index contributed by atoms with van der Waals surface area (Å²) in [6.45, 7) is 7.40. The largest absolute Gasteiger partial charge is 0.444 e. The number of alkyl halides is 2. The summed E-state index contributed by atoms with van der Waals surface area (Å²) in [4.78, 5) is 54.3. The molecule has 3 amide bonds. The van der Waals surface area contributed by atoms with Gasteiger partial charge in [-0.25, -0.2) is 9.59 Å². The van der Waals surface area contributed by atoms with E-state index < -0.39 is 84.9 Å². The highest BCUT2D eigenvalue weighted by molar-refractivity contribution is 5.94. The van der Waals surface area contributed by atoms with Crippen molar-refractivity contribution in [3.05, 3.63) is 58.6 Å². The topological polar surface area (TPSA) is 213 Å². The fourth-order valence-corrected chi connectivity index (χ4v) is 5.03. The lowest BCUT2D eigenvalue weighted by Crippen LogP contribution is -2.53. The Morgan fingerprint density at radius 3 is 2.39 bits per heavy atom. The summed E-state index contributed by atoms with van der Waals surface area (Å²) in [5.41, 5.74) is -1.12. The molecule has 0 bridgehead atoms. The van der Waals surface area contributed by atoms with E-state index in [-0.39, 0.29) is 24.7 Å². The van der Waals surface area contributed by atoms with Crippen molar-refractivity contribution in [1.82, 2.24) is 25.5 Å². The molecule has 15 nitrogen and oxygen atoms in total. The van der Waals surface area contributed by atoms with Gasteiger partial charge in [0.25, 0.3) is 0 Å². The molecule has 17 heteroatoms. The molecule has 272 valence electrons. The lowest BCUT2D eigenvalue weighted by Gasteiger charge is -2.28. The van der Waals surface area contributed by atoms with E-state index in [2.05, 4.69) is 26.3 Å². The van der Waals surface area contributed by atoms with Gasteiger partial charge < -0.3 is 46.1 Å². The summed E-state index contributed by atoms with van der Waals surface area (Å²) in [5, 5.41) is 40.5. The van der Waals surface area contributed by atoms with Crippen molar-refractivity contribution < 1.29 is 48.0 Å². The molecule has 3 rings (SSSR count). The molecule has 2 heterocycles. The summed E-state index contributed by atoms with van der Waals surface area (Å²) >= 11 is 0. The molecule has 6 atom stereocenters. The molecule has 7 N–H and O–H groups in total. The Morgan fingerprint density at radius 1 is 1.14 bits per heavy atom. The smallest absolute Gasteiger partial charge is 0.407 e. The Morgan fingerprint density at radius 2 is 1.82 bits per heavy atom. The number of hydrogen-bond donors (Lipinski definition) is 7. The van der Waals surface area contributed by atoms with Crippen LogP contribution < -0.4 is 27.0 Å². The van der Waals surface area contributed by atoms with Gasteiger partial charge in [-0.3, -0.25) is 14.2 Å². The maximum atomic E-state index is 14.4. The third-order valence-corrected chi connectivity index (χ3v) is 7.39. The third-order valence-electron chi connectivity index (χ3n) is 7.39. The Hall–Kier alpha value is -4.03. The summed E-state index contributed by atoms with van der Waals surface area (Å²) in [7, 11) is 0. The number of ether oxygens (including phenoxy) is 2. The van der Waals surface area contributed by atoms with Crippen LogP contribution in [0.25, 0.3) is 0 Å². The molecule has 1 saturated heterocycles. The number of amides is 3. The number of alkyl carbamates (subject to hydrolysis) is 1. The van der Waals surface area contributed by atoms with Gasteiger partial charge in [-0.1, -0.05) is 44.2 Å². The average Bonchev–Trinajstić information content (AvgIpc) is 3.24. The Kier molecular flexibility index (Phi) is 13.7. The molecule has 1 fully saturated rings. The molecule has 2 aromatic rings. The normalized spacial score (nSPS) is 20.7. The molecule has 49 heavy (non-hydrogen) atoms. The molecule has 1 aliphatic rings. The van der Waals surface area contributed by atoms with Gasteiger partial charge in [0.1, 0.15) is 17.5 Å². The lowest BCUT2D eigenvalue weighted by atomic mass is 9.99. The monoisotopic (exact) mass is 696 g/mol. The minimum atomic E-state index is -3.90. The Labute approximate surface area is 282 Å². The first-order chi connectivity index (χ1) is 22.9. The van der Waals surface area contributed by atoms with E-state index in [1.807, 2.05) is 44.2 Å². The van der Waals surface area contributed by atoms with Crippen LogP contribution in [0.1, 0.15) is 52.8 Å². The number of halogens is 2. The zero-order valence-corrected chi connectivity index (χ0v) is 28.1. The van der Waals surface area contributed by atoms with Crippen LogP contribution in [0.4, 0.5) is 19.4 Å². The van der Waals surface area contributed by atoms with Crippen molar-refractivity contribution in [1.29, 1.82) is 0 Å². The number of benzene rings is 1. The van der Waals surface area contributed by atoms with E-state index in [0.29, 0.717) is 11.0 Å². The van der Waals surface area contributed by atoms with Gasteiger partial charge >= 0.3 is 17.7 Å². The maximum Gasteiger partial charge on any atom is 0.407 e. The standard InChI is InChI=1S/C32H46F2N6O9/c1-18(2)13-21(35-15-22(42)20(14-19-9-7-6-8-10-19)37-30(47)49-31(3,4)5)27(45)36-16-25(43)38-24-11-12-40(29(46)39-24)28-32(33,34)26(44)23(17-41)48-28/h6-12,18,20-23,26,28,35,41-42,44H,13-17H2,1-5H3,(H,36,45)(H,37,47)(H,38,39,43,46)/t20-,21+,22+,23-,26-,28-/m1/s1. The van der Waals surface area contributed by atoms with Gasteiger partial charge in [0.15, 0.2) is 6.10 Å². The van der Waals surface area contributed by atoms with Gasteiger partial charge in [0.05, 0.1) is 31.3 Å². The number of rotatable bonds is 15. The number of aliphatic hydroxyl groups excluding tert-OH is 3. The quantitative estimate of drug-likeness (QED) is 0.138. The van der Waals surface area contributed by atoms with E-state index >= 15 is 0 Å². The number of nitrogens with one attached hydrogen (secondary N) is 4. The van der Waals surface area contributed by atoms with Crippen molar-refractivity contribution in [2.45, 2.75) is 95.6 Å². The summed E-state index contributed by atoms with van der Waals surface area (Å²) in [5.74, 6) is -5.49. The number of aromatic nitrogens is 2. The number of nitrogens with zero attached hydrogens (tertiary/aromatic N) is 2. The summed E-state index contributed by atoms with van der Waals surface area (Å²) < 4.78 is 39.6. The van der Waals surface area contributed by atoms with Crippen LogP contribution in [-0.4, -0.2) is 104 Å². The molecule has 1 aromatic carbocycles. The highest BCUT2D eigenvalue weighted by Crippen LogP contribution is 2.42. The molecule has 0 radical (unpaired) electrons. The zero-order chi connectivity index (χ0) is 36.5. The minimum Gasteiger partial charge on any atom is -0.444 e. The van der Waals surface area contributed by atoms with Crippen LogP contribution in [0.15, 0.2) is 47.4 Å². The van der Waals surface area contributed by atoms with E-state index in [1.54, 1.807) is 20.8 Å². The molecule has 0 saturated carbocycles. The number of hydrogen-bond acceptors (Lipinski definition) is 11. The zero-order valence-electron chi connectivity index (χ0n) is 28.1. The van der Waals surface area contributed by atoms with Gasteiger partial charge in [-0.15, -0.1) is 0 Å². The van der Waals surface area contributed by atoms with Crippen molar-refractivity contribution in [3.8, 4) is 0 Å². The molecule has 1 aromatic heterocycles. The Bertz CT molecular complexity index is 1470. The predicted octanol–water partition coefficient (Wildman–Crippen LogP) is 0.685. The lowest BCUT2D eigenvalue weighted by molar-refractivity contribution is -0.141. The predicted molar refractivity (Wildman–Crippen MR) is 173 cm³/mol. The van der Waals surface area contributed by atoms with Crippen LogP contribution in [0.5, 0.6) is 0 Å². The van der Waals surface area contributed by atoms with Crippen molar-refractivity contribution >= 4 is 23.7 Å². The highest BCUT2D eigenvalue weighted by Gasteiger charge is 2.59. The van der Waals surface area contributed by atoms with Crippen LogP contribution in [0.2, 0.25) is 0 Å². The van der Waals surface area contributed by atoms with E-state index in [4.69, 9.17) is 14.6 Å². The second-order valence-corrected chi connectivity index (χ2v) is 13.2. The van der Waals surface area contributed by atoms with Crippen LogP contribution in [0.3, 0.4) is 0 Å². The first-order valence-electron chi connectivity index (χ1n) is 15.8. The van der Waals surface area contributed by atoms with E-state index in [1.165, 1.54) is 0 Å². The van der Waals surface area contributed by atoms with Crippen molar-refractivity contribution in [2.75, 3.05) is 25.0 Å². The SMILES string of the molecule is CC(C)C[C@H](NC[C@H](O)[C@@H](Cc1ccccc1)NC(=O)OC(C)(C)C)C(=O)NCC(=O)Nc1ccn([C@@H]2O[C@H](CO)[C@@H](O)C2(F)F)c(=O)n1. The average molecular weight is 697 g/mol. The number of aliphatic hydroxyl groups is 3. The second-order valence-electron chi connectivity index (χ2n) is 13.2. The fourth-order valence-electron chi connectivity index (χ4n) is 5.03. The van der Waals surface area contributed by atoms with Crippen molar-refractivity contribution in [2.24, 2.45) is 5.92 Å². The number of anilines is 1. The Balaban J connectivity index is 1.60. The number of carbonyl (C=O) groups is 3. The van der Waals surface area contributed by atoms with Crippen LogP contribution in [0, 0.1) is 5.92 Å². The molecule has 0 spiro atoms. The minimum absolute atomic E-state index is 0.0370. The van der Waals surface area contributed by atoms with Gasteiger partial charge in [0, 0.05) is 12.7 Å².